The van der Waals surface area contributed by atoms with Crippen molar-refractivity contribution in [1.29, 1.82) is 0 Å². The van der Waals surface area contributed by atoms with Gasteiger partial charge in [-0.15, -0.1) is 0 Å². The summed E-state index contributed by atoms with van der Waals surface area (Å²) in [7, 11) is 0. The summed E-state index contributed by atoms with van der Waals surface area (Å²) in [5.74, 6) is -1.99. The lowest BCUT2D eigenvalue weighted by Gasteiger charge is -2.22. The molecule has 0 saturated carbocycles. The lowest BCUT2D eigenvalue weighted by molar-refractivity contribution is -0.128. The first-order chi connectivity index (χ1) is 12.2. The molecular weight excluding hydrogens is 308 g/mol. The Morgan fingerprint density at radius 2 is 1.08 bits per heavy atom. The molecule has 4 aromatic carbocycles. The van der Waals surface area contributed by atoms with Crippen LogP contribution < -0.4 is 0 Å². The van der Waals surface area contributed by atoms with Crippen molar-refractivity contribution >= 4 is 10.8 Å². The number of rotatable bonds is 1. The molecule has 0 aliphatic heterocycles. The average Bonchev–Trinajstić information content (AvgIpc) is 2.90. The molecule has 2 heteroatoms. The first-order valence-electron chi connectivity index (χ1n) is 8.34. The molecule has 0 spiro atoms. The molecule has 0 heterocycles. The van der Waals surface area contributed by atoms with Gasteiger partial charge in [-0.3, -0.25) is 0 Å². The summed E-state index contributed by atoms with van der Waals surface area (Å²) >= 11 is 0. The van der Waals surface area contributed by atoms with Crippen LogP contribution in [0.3, 0.4) is 0 Å². The van der Waals surface area contributed by atoms with Gasteiger partial charge >= 0.3 is 0 Å². The van der Waals surface area contributed by atoms with E-state index in [4.69, 9.17) is 0 Å². The second-order valence-corrected chi connectivity index (χ2v) is 6.47. The molecule has 0 aromatic heterocycles. The molecule has 0 saturated heterocycles. The highest BCUT2D eigenvalue weighted by atomic mass is 16.5. The number of fused-ring (bicyclic) bond motifs is 4. The van der Waals surface area contributed by atoms with Crippen molar-refractivity contribution in [3.63, 3.8) is 0 Å². The summed E-state index contributed by atoms with van der Waals surface area (Å²) in [6, 6.07) is 27.7. The Balaban J connectivity index is 1.87. The Labute approximate surface area is 145 Å². The van der Waals surface area contributed by atoms with Crippen molar-refractivity contribution in [1.82, 2.24) is 0 Å². The van der Waals surface area contributed by atoms with E-state index in [0.717, 1.165) is 33.0 Å². The van der Waals surface area contributed by atoms with Gasteiger partial charge in [-0.05, 0) is 33.0 Å². The van der Waals surface area contributed by atoms with E-state index in [9.17, 15) is 10.2 Å². The molecule has 0 unspecified atom stereocenters. The monoisotopic (exact) mass is 324 g/mol. The molecule has 0 bridgehead atoms. The Morgan fingerprint density at radius 3 is 1.96 bits per heavy atom. The van der Waals surface area contributed by atoms with Crippen LogP contribution in [-0.2, 0) is 5.79 Å². The minimum Gasteiger partial charge on any atom is -0.358 e. The maximum absolute atomic E-state index is 11.0. The molecule has 0 radical (unpaired) electrons. The minimum absolute atomic E-state index is 0.540. The SMILES string of the molecule is OC1(O)c2ccccc2-c2cccc(-c3cccc4ccccc34)c21. The number of aliphatic hydroxyl groups is 2. The van der Waals surface area contributed by atoms with Crippen LogP contribution in [0.25, 0.3) is 33.0 Å². The molecule has 2 nitrogen and oxygen atoms in total. The number of benzene rings is 4. The lowest BCUT2D eigenvalue weighted by Crippen LogP contribution is -2.24. The smallest absolute Gasteiger partial charge is 0.219 e. The van der Waals surface area contributed by atoms with E-state index in [1.807, 2.05) is 60.7 Å². The Morgan fingerprint density at radius 1 is 0.520 bits per heavy atom. The van der Waals surface area contributed by atoms with Crippen LogP contribution in [0.2, 0.25) is 0 Å². The molecule has 1 aliphatic rings. The van der Waals surface area contributed by atoms with Crippen molar-refractivity contribution in [2.45, 2.75) is 5.79 Å². The van der Waals surface area contributed by atoms with Crippen LogP contribution in [0.1, 0.15) is 11.1 Å². The molecule has 0 atom stereocenters. The van der Waals surface area contributed by atoms with E-state index >= 15 is 0 Å². The predicted molar refractivity (Wildman–Crippen MR) is 100 cm³/mol. The Hall–Kier alpha value is -2.94. The van der Waals surface area contributed by atoms with Crippen molar-refractivity contribution in [3.8, 4) is 22.3 Å². The van der Waals surface area contributed by atoms with Gasteiger partial charge in [0.05, 0.1) is 0 Å². The first kappa shape index (κ1) is 14.4. The normalized spacial score (nSPS) is 14.3. The predicted octanol–water partition coefficient (Wildman–Crippen LogP) is 4.67. The molecule has 0 fully saturated rings. The zero-order valence-corrected chi connectivity index (χ0v) is 13.5. The van der Waals surface area contributed by atoms with Crippen LogP contribution in [-0.4, -0.2) is 10.2 Å². The van der Waals surface area contributed by atoms with E-state index in [-0.39, 0.29) is 0 Å². The van der Waals surface area contributed by atoms with Crippen molar-refractivity contribution in [2.24, 2.45) is 0 Å². The van der Waals surface area contributed by atoms with Crippen LogP contribution in [0, 0.1) is 0 Å². The third-order valence-corrected chi connectivity index (χ3v) is 5.09. The van der Waals surface area contributed by atoms with Crippen LogP contribution >= 0.6 is 0 Å². The molecule has 25 heavy (non-hydrogen) atoms. The summed E-state index contributed by atoms with van der Waals surface area (Å²) in [5.41, 5.74) is 4.73. The number of hydrogen-bond acceptors (Lipinski definition) is 2. The summed E-state index contributed by atoms with van der Waals surface area (Å²) < 4.78 is 0. The summed E-state index contributed by atoms with van der Waals surface area (Å²) in [6.07, 6.45) is 0. The highest BCUT2D eigenvalue weighted by Crippen LogP contribution is 2.50. The summed E-state index contributed by atoms with van der Waals surface area (Å²) in [6.45, 7) is 0. The summed E-state index contributed by atoms with van der Waals surface area (Å²) in [5, 5.41) is 24.2. The van der Waals surface area contributed by atoms with Gasteiger partial charge in [0.15, 0.2) is 0 Å². The van der Waals surface area contributed by atoms with Gasteiger partial charge in [0.25, 0.3) is 0 Å². The van der Waals surface area contributed by atoms with Gasteiger partial charge < -0.3 is 10.2 Å². The van der Waals surface area contributed by atoms with Crippen molar-refractivity contribution in [2.75, 3.05) is 0 Å². The first-order valence-corrected chi connectivity index (χ1v) is 8.34. The molecular formula is C23H16O2. The van der Waals surface area contributed by atoms with Crippen LogP contribution in [0.5, 0.6) is 0 Å². The third kappa shape index (κ3) is 1.92. The minimum atomic E-state index is -1.99. The molecule has 5 rings (SSSR count). The zero-order valence-electron chi connectivity index (χ0n) is 13.5. The maximum atomic E-state index is 11.0. The van der Waals surface area contributed by atoms with Gasteiger partial charge in [0.2, 0.25) is 5.79 Å². The Bertz CT molecular complexity index is 1120. The maximum Gasteiger partial charge on any atom is 0.219 e. The van der Waals surface area contributed by atoms with E-state index in [1.54, 1.807) is 6.07 Å². The highest BCUT2D eigenvalue weighted by Gasteiger charge is 2.41. The van der Waals surface area contributed by atoms with E-state index in [1.165, 1.54) is 0 Å². The quantitative estimate of drug-likeness (QED) is 0.499. The molecule has 2 N–H and O–H groups in total. The van der Waals surface area contributed by atoms with Crippen LogP contribution in [0.15, 0.2) is 84.9 Å². The van der Waals surface area contributed by atoms with E-state index < -0.39 is 5.79 Å². The third-order valence-electron chi connectivity index (χ3n) is 5.09. The van der Waals surface area contributed by atoms with Gasteiger partial charge in [0, 0.05) is 11.1 Å². The van der Waals surface area contributed by atoms with Gasteiger partial charge in [-0.25, -0.2) is 0 Å². The Kier molecular flexibility index (Phi) is 2.90. The van der Waals surface area contributed by atoms with Crippen LogP contribution in [0.4, 0.5) is 0 Å². The zero-order chi connectivity index (χ0) is 17.0. The van der Waals surface area contributed by atoms with Crippen molar-refractivity contribution < 1.29 is 10.2 Å². The second kappa shape index (κ2) is 5.03. The molecule has 120 valence electrons. The van der Waals surface area contributed by atoms with E-state index in [0.29, 0.717) is 11.1 Å². The fourth-order valence-electron chi connectivity index (χ4n) is 3.99. The van der Waals surface area contributed by atoms with Gasteiger partial charge in [0.1, 0.15) is 0 Å². The fourth-order valence-corrected chi connectivity index (χ4v) is 3.99. The van der Waals surface area contributed by atoms with E-state index in [2.05, 4.69) is 18.2 Å². The fraction of sp³-hybridized carbons (Fsp3) is 0.0435. The second-order valence-electron chi connectivity index (χ2n) is 6.47. The topological polar surface area (TPSA) is 40.5 Å². The lowest BCUT2D eigenvalue weighted by atomic mass is 9.90. The van der Waals surface area contributed by atoms with Gasteiger partial charge in [-0.2, -0.15) is 0 Å². The standard InChI is InChI=1S/C23H16O2/c24-23(25)21-14-4-3-10-18(21)20-13-6-12-19(22(20)23)17-11-5-8-15-7-1-2-9-16(15)17/h1-14,24-25H. The molecule has 0 amide bonds. The summed E-state index contributed by atoms with van der Waals surface area (Å²) in [4.78, 5) is 0. The largest absolute Gasteiger partial charge is 0.358 e. The molecule has 4 aromatic rings. The molecule has 1 aliphatic carbocycles. The highest BCUT2D eigenvalue weighted by molar-refractivity contribution is 5.99. The average molecular weight is 324 g/mol. The number of hydrogen-bond donors (Lipinski definition) is 2. The van der Waals surface area contributed by atoms with Crippen molar-refractivity contribution in [3.05, 3.63) is 96.1 Å². The van der Waals surface area contributed by atoms with Gasteiger partial charge in [-0.1, -0.05) is 84.9 Å².